The highest BCUT2D eigenvalue weighted by atomic mass is 15.3. The van der Waals surface area contributed by atoms with Crippen molar-refractivity contribution < 1.29 is 0 Å². The highest BCUT2D eigenvalue weighted by Gasteiger charge is 2.12. The third-order valence-corrected chi connectivity index (χ3v) is 2.38. The Morgan fingerprint density at radius 1 is 1.38 bits per heavy atom. The molecule has 2 aromatic heterocycles. The van der Waals surface area contributed by atoms with Crippen LogP contribution in [-0.2, 0) is 7.05 Å². The van der Waals surface area contributed by atoms with Crippen molar-refractivity contribution >= 4 is 16.9 Å². The number of aromatic nitrogens is 4. The fourth-order valence-corrected chi connectivity index (χ4v) is 1.74. The molecule has 0 atom stereocenters. The van der Waals surface area contributed by atoms with Crippen LogP contribution < -0.4 is 5.32 Å². The fraction of sp³-hybridized carbons (Fsp3) is 0.364. The lowest BCUT2D eigenvalue weighted by Crippen LogP contribution is -2.05. The molecule has 5 heteroatoms. The number of fused-ring (bicyclic) bond motifs is 1. The van der Waals surface area contributed by atoms with E-state index in [9.17, 15) is 0 Å². The van der Waals surface area contributed by atoms with Gasteiger partial charge in [0, 0.05) is 13.6 Å². The third kappa shape index (κ3) is 1.64. The molecular weight excluding hydrogens is 202 g/mol. The fourth-order valence-electron chi connectivity index (χ4n) is 1.74. The summed E-state index contributed by atoms with van der Waals surface area (Å²) < 4.78 is 1.80. The van der Waals surface area contributed by atoms with Gasteiger partial charge in [-0.05, 0) is 13.8 Å². The zero-order valence-electron chi connectivity index (χ0n) is 9.78. The Morgan fingerprint density at radius 2 is 2.12 bits per heavy atom. The van der Waals surface area contributed by atoms with Crippen LogP contribution in [0, 0.1) is 13.8 Å². The van der Waals surface area contributed by atoms with Crippen molar-refractivity contribution in [3.8, 4) is 0 Å². The van der Waals surface area contributed by atoms with E-state index in [1.165, 1.54) is 0 Å². The second kappa shape index (κ2) is 3.92. The molecule has 0 saturated heterocycles. The predicted octanol–water partition coefficient (Wildman–Crippen LogP) is 1.58. The quantitative estimate of drug-likeness (QED) is 0.793. The maximum atomic E-state index is 4.40. The first-order valence-electron chi connectivity index (χ1n) is 5.16. The Hall–Kier alpha value is -1.91. The summed E-state index contributed by atoms with van der Waals surface area (Å²) in [5.74, 6) is 1.56. The molecule has 0 fully saturated rings. The van der Waals surface area contributed by atoms with Crippen molar-refractivity contribution in [3.63, 3.8) is 0 Å². The van der Waals surface area contributed by atoms with Crippen LogP contribution in [0.5, 0.6) is 0 Å². The summed E-state index contributed by atoms with van der Waals surface area (Å²) in [6, 6.07) is 0. The van der Waals surface area contributed by atoms with Crippen LogP contribution in [0.4, 0.5) is 5.82 Å². The molecule has 2 rings (SSSR count). The minimum Gasteiger partial charge on any atom is -0.365 e. The van der Waals surface area contributed by atoms with Crippen molar-refractivity contribution in [3.05, 3.63) is 24.2 Å². The summed E-state index contributed by atoms with van der Waals surface area (Å²) >= 11 is 0. The van der Waals surface area contributed by atoms with Crippen molar-refractivity contribution in [2.75, 3.05) is 11.9 Å². The summed E-state index contributed by atoms with van der Waals surface area (Å²) in [5, 5.41) is 7.55. The van der Waals surface area contributed by atoms with E-state index >= 15 is 0 Å². The minimum atomic E-state index is 0.676. The molecule has 5 nitrogen and oxygen atoms in total. The molecule has 0 aromatic carbocycles. The molecule has 2 heterocycles. The Morgan fingerprint density at radius 3 is 2.81 bits per heavy atom. The van der Waals surface area contributed by atoms with Crippen molar-refractivity contribution in [2.45, 2.75) is 13.8 Å². The van der Waals surface area contributed by atoms with Crippen LogP contribution in [-0.4, -0.2) is 26.3 Å². The van der Waals surface area contributed by atoms with E-state index in [2.05, 4.69) is 27.0 Å². The van der Waals surface area contributed by atoms with Gasteiger partial charge in [-0.25, -0.2) is 9.97 Å². The van der Waals surface area contributed by atoms with Gasteiger partial charge in [0.05, 0.1) is 5.69 Å². The second-order valence-corrected chi connectivity index (χ2v) is 3.70. The molecule has 1 N–H and O–H groups in total. The summed E-state index contributed by atoms with van der Waals surface area (Å²) in [7, 11) is 1.90. The normalized spacial score (nSPS) is 10.7. The van der Waals surface area contributed by atoms with E-state index in [-0.39, 0.29) is 0 Å². The number of nitrogens with zero attached hydrogens (tertiary/aromatic N) is 4. The van der Waals surface area contributed by atoms with Crippen LogP contribution in [0.25, 0.3) is 11.0 Å². The van der Waals surface area contributed by atoms with Gasteiger partial charge in [-0.15, -0.1) is 6.58 Å². The number of nitrogens with one attached hydrogen (secondary N) is 1. The van der Waals surface area contributed by atoms with Gasteiger partial charge in [0.1, 0.15) is 16.9 Å². The standard InChI is InChI=1S/C11H15N5/c1-5-6-12-11-10-9(13-8(3)14-11)7(2)15-16(10)4/h5H,1,6H2,2-4H3,(H,12,13,14). The molecule has 0 bridgehead atoms. The van der Waals surface area contributed by atoms with E-state index in [0.29, 0.717) is 6.54 Å². The van der Waals surface area contributed by atoms with Gasteiger partial charge in [0.2, 0.25) is 0 Å². The van der Waals surface area contributed by atoms with E-state index in [1.54, 1.807) is 10.8 Å². The average Bonchev–Trinajstić information content (AvgIpc) is 2.51. The van der Waals surface area contributed by atoms with Crippen LogP contribution in [0.1, 0.15) is 11.5 Å². The lowest BCUT2D eigenvalue weighted by Gasteiger charge is -2.06. The van der Waals surface area contributed by atoms with Crippen molar-refractivity contribution in [1.82, 2.24) is 19.7 Å². The van der Waals surface area contributed by atoms with Gasteiger partial charge < -0.3 is 5.32 Å². The zero-order chi connectivity index (χ0) is 11.7. The van der Waals surface area contributed by atoms with Crippen molar-refractivity contribution in [2.24, 2.45) is 7.05 Å². The summed E-state index contributed by atoms with van der Waals surface area (Å²) in [4.78, 5) is 8.79. The molecule has 2 aromatic rings. The maximum Gasteiger partial charge on any atom is 0.156 e. The topological polar surface area (TPSA) is 55.6 Å². The van der Waals surface area contributed by atoms with Crippen LogP contribution in [0.15, 0.2) is 12.7 Å². The first kappa shape index (κ1) is 10.6. The zero-order valence-corrected chi connectivity index (χ0v) is 9.78. The van der Waals surface area contributed by atoms with Gasteiger partial charge in [-0.2, -0.15) is 5.10 Å². The smallest absolute Gasteiger partial charge is 0.156 e. The van der Waals surface area contributed by atoms with Gasteiger partial charge in [0.25, 0.3) is 0 Å². The molecule has 0 saturated carbocycles. The molecule has 0 aliphatic heterocycles. The van der Waals surface area contributed by atoms with Crippen LogP contribution >= 0.6 is 0 Å². The van der Waals surface area contributed by atoms with Crippen LogP contribution in [0.2, 0.25) is 0 Å². The molecular formula is C11H15N5. The van der Waals surface area contributed by atoms with Gasteiger partial charge in [0.15, 0.2) is 5.82 Å². The third-order valence-electron chi connectivity index (χ3n) is 2.38. The predicted molar refractivity (Wildman–Crippen MR) is 64.5 cm³/mol. The summed E-state index contributed by atoms with van der Waals surface area (Å²) in [6.07, 6.45) is 1.80. The molecule has 16 heavy (non-hydrogen) atoms. The van der Waals surface area contributed by atoms with E-state index in [0.717, 1.165) is 28.4 Å². The minimum absolute atomic E-state index is 0.676. The lowest BCUT2D eigenvalue weighted by atomic mass is 10.3. The van der Waals surface area contributed by atoms with E-state index < -0.39 is 0 Å². The highest BCUT2D eigenvalue weighted by Crippen LogP contribution is 2.21. The molecule has 0 aliphatic rings. The van der Waals surface area contributed by atoms with E-state index in [1.807, 2.05) is 20.9 Å². The Labute approximate surface area is 94.2 Å². The van der Waals surface area contributed by atoms with Crippen LogP contribution in [0.3, 0.4) is 0 Å². The molecule has 0 spiro atoms. The molecule has 0 amide bonds. The van der Waals surface area contributed by atoms with Gasteiger partial charge in [-0.3, -0.25) is 4.68 Å². The number of aryl methyl sites for hydroxylation is 3. The lowest BCUT2D eigenvalue weighted by molar-refractivity contribution is 0.782. The molecule has 0 unspecified atom stereocenters. The average molecular weight is 217 g/mol. The van der Waals surface area contributed by atoms with Crippen molar-refractivity contribution in [1.29, 1.82) is 0 Å². The van der Waals surface area contributed by atoms with E-state index in [4.69, 9.17) is 0 Å². The highest BCUT2D eigenvalue weighted by molar-refractivity contribution is 5.87. The number of hydrogen-bond acceptors (Lipinski definition) is 4. The Bertz CT molecular complexity index is 541. The van der Waals surface area contributed by atoms with Gasteiger partial charge >= 0.3 is 0 Å². The first-order valence-corrected chi connectivity index (χ1v) is 5.16. The second-order valence-electron chi connectivity index (χ2n) is 3.70. The maximum absolute atomic E-state index is 4.40. The Kier molecular flexibility index (Phi) is 2.60. The number of rotatable bonds is 3. The monoisotopic (exact) mass is 217 g/mol. The Balaban J connectivity index is 2.65. The van der Waals surface area contributed by atoms with Gasteiger partial charge in [-0.1, -0.05) is 6.08 Å². The largest absolute Gasteiger partial charge is 0.365 e. The molecule has 0 aliphatic carbocycles. The SMILES string of the molecule is C=CCNc1nc(C)nc2c(C)nn(C)c12. The summed E-state index contributed by atoms with van der Waals surface area (Å²) in [6.45, 7) is 8.18. The molecule has 84 valence electrons. The first-order chi connectivity index (χ1) is 7.63. The number of anilines is 1. The number of hydrogen-bond donors (Lipinski definition) is 1. The molecule has 0 radical (unpaired) electrons. The summed E-state index contributed by atoms with van der Waals surface area (Å²) in [5.41, 5.74) is 2.76.